The van der Waals surface area contributed by atoms with Crippen molar-refractivity contribution < 1.29 is 9.53 Å². The zero-order valence-electron chi connectivity index (χ0n) is 14.0. The molecule has 0 spiro atoms. The highest BCUT2D eigenvalue weighted by Crippen LogP contribution is 2.21. The summed E-state index contributed by atoms with van der Waals surface area (Å²) in [6, 6.07) is 1.82. The van der Waals surface area contributed by atoms with Crippen molar-refractivity contribution in [3.05, 3.63) is 12.4 Å². The molecular weight excluding hydrogens is 280 g/mol. The Hall–Kier alpha value is -1.85. The summed E-state index contributed by atoms with van der Waals surface area (Å²) in [4.78, 5) is 24.6. The average Bonchev–Trinajstić information content (AvgIpc) is 2.97. The summed E-state index contributed by atoms with van der Waals surface area (Å²) < 4.78 is 5.92. The summed E-state index contributed by atoms with van der Waals surface area (Å²) in [5, 5.41) is 0. The molecular formula is C16H26N4O2. The number of carbonyl (C=O) groups is 1. The fraction of sp³-hybridized carbons (Fsp3) is 0.688. The summed E-state index contributed by atoms with van der Waals surface area (Å²) >= 11 is 0. The third kappa shape index (κ3) is 3.87. The van der Waals surface area contributed by atoms with Crippen LogP contribution in [-0.2, 0) is 4.79 Å². The van der Waals surface area contributed by atoms with Crippen molar-refractivity contribution >= 4 is 11.7 Å². The molecule has 1 fully saturated rings. The molecule has 0 aliphatic carbocycles. The number of amides is 1. The van der Waals surface area contributed by atoms with Crippen LogP contribution in [-0.4, -0.2) is 54.1 Å². The third-order valence-corrected chi connectivity index (χ3v) is 4.16. The Morgan fingerprint density at radius 1 is 1.41 bits per heavy atom. The molecule has 1 atom stereocenters. The first-order valence-corrected chi connectivity index (χ1v) is 7.99. The molecule has 6 heteroatoms. The van der Waals surface area contributed by atoms with Crippen LogP contribution in [0.25, 0.3) is 0 Å². The van der Waals surface area contributed by atoms with Gasteiger partial charge in [0.05, 0.1) is 6.54 Å². The smallest absolute Gasteiger partial charge is 0.225 e. The number of hydrogen-bond acceptors (Lipinski definition) is 5. The lowest BCUT2D eigenvalue weighted by Gasteiger charge is -2.21. The number of hydrogen-bond donors (Lipinski definition) is 0. The van der Waals surface area contributed by atoms with Crippen LogP contribution in [0.5, 0.6) is 5.88 Å². The first kappa shape index (κ1) is 16.5. The Kier molecular flexibility index (Phi) is 5.57. The van der Waals surface area contributed by atoms with E-state index in [0.29, 0.717) is 12.4 Å². The van der Waals surface area contributed by atoms with Crippen LogP contribution in [0.2, 0.25) is 0 Å². The first-order chi connectivity index (χ1) is 10.5. The Morgan fingerprint density at radius 3 is 2.77 bits per heavy atom. The molecule has 1 amide bonds. The summed E-state index contributed by atoms with van der Waals surface area (Å²) in [6.07, 6.45) is 4.17. The first-order valence-electron chi connectivity index (χ1n) is 7.99. The molecule has 0 bridgehead atoms. The lowest BCUT2D eigenvalue weighted by atomic mass is 10.0. The summed E-state index contributed by atoms with van der Waals surface area (Å²) in [5.41, 5.74) is 0. The quantitative estimate of drug-likeness (QED) is 0.804. The van der Waals surface area contributed by atoms with Crippen LogP contribution >= 0.6 is 0 Å². The van der Waals surface area contributed by atoms with Gasteiger partial charge < -0.3 is 14.5 Å². The molecule has 2 heterocycles. The molecule has 22 heavy (non-hydrogen) atoms. The Morgan fingerprint density at radius 2 is 2.14 bits per heavy atom. The molecule has 0 saturated carbocycles. The number of aromatic nitrogens is 2. The fourth-order valence-corrected chi connectivity index (χ4v) is 2.73. The van der Waals surface area contributed by atoms with E-state index in [-0.39, 0.29) is 17.9 Å². The monoisotopic (exact) mass is 306 g/mol. The molecule has 1 saturated heterocycles. The van der Waals surface area contributed by atoms with Crippen LogP contribution in [0.15, 0.2) is 12.4 Å². The van der Waals surface area contributed by atoms with Crippen molar-refractivity contribution in [2.45, 2.75) is 39.2 Å². The summed E-state index contributed by atoms with van der Waals surface area (Å²) in [7, 11) is 3.86. The predicted octanol–water partition coefficient (Wildman–Crippen LogP) is 1.96. The van der Waals surface area contributed by atoms with Crippen molar-refractivity contribution in [2.24, 2.45) is 5.92 Å². The van der Waals surface area contributed by atoms with Gasteiger partial charge in [-0.25, -0.2) is 9.97 Å². The van der Waals surface area contributed by atoms with Crippen molar-refractivity contribution in [1.82, 2.24) is 14.9 Å². The Bertz CT molecular complexity index is 503. The van der Waals surface area contributed by atoms with Crippen molar-refractivity contribution in [3.63, 3.8) is 0 Å². The molecule has 1 aliphatic rings. The summed E-state index contributed by atoms with van der Waals surface area (Å²) in [6.45, 7) is 5.56. The number of rotatable bonds is 6. The summed E-state index contributed by atoms with van der Waals surface area (Å²) in [5.74, 6) is 1.78. The molecule has 0 radical (unpaired) electrons. The lowest BCUT2D eigenvalue weighted by molar-refractivity contribution is -0.134. The van der Waals surface area contributed by atoms with E-state index < -0.39 is 0 Å². The Labute approximate surface area is 132 Å². The van der Waals surface area contributed by atoms with Gasteiger partial charge in [-0.2, -0.15) is 0 Å². The maximum atomic E-state index is 12.4. The maximum Gasteiger partial charge on any atom is 0.225 e. The van der Waals surface area contributed by atoms with E-state index in [9.17, 15) is 4.79 Å². The van der Waals surface area contributed by atoms with Crippen LogP contribution in [0.4, 0.5) is 5.82 Å². The van der Waals surface area contributed by atoms with E-state index in [2.05, 4.69) is 23.8 Å². The minimum atomic E-state index is 0.0169. The van der Waals surface area contributed by atoms with Crippen molar-refractivity contribution in [3.8, 4) is 5.88 Å². The van der Waals surface area contributed by atoms with Crippen LogP contribution in [0.1, 0.15) is 33.1 Å². The van der Waals surface area contributed by atoms with Gasteiger partial charge in [-0.3, -0.25) is 4.79 Å². The van der Waals surface area contributed by atoms with Crippen LogP contribution in [0, 0.1) is 5.92 Å². The second kappa shape index (κ2) is 7.42. The van der Waals surface area contributed by atoms with E-state index >= 15 is 0 Å². The number of likely N-dealkylation sites (tertiary alicyclic amines) is 1. The van der Waals surface area contributed by atoms with Gasteiger partial charge in [0.15, 0.2) is 0 Å². The molecule has 0 aromatic carbocycles. The second-order valence-corrected chi connectivity index (χ2v) is 5.94. The van der Waals surface area contributed by atoms with Gasteiger partial charge in [-0.15, -0.1) is 0 Å². The highest BCUT2D eigenvalue weighted by molar-refractivity contribution is 5.79. The topological polar surface area (TPSA) is 58.6 Å². The van der Waals surface area contributed by atoms with Gasteiger partial charge in [0.25, 0.3) is 0 Å². The normalized spacial score (nSPS) is 17.9. The van der Waals surface area contributed by atoms with Gasteiger partial charge in [0.2, 0.25) is 11.8 Å². The molecule has 1 aromatic rings. The van der Waals surface area contributed by atoms with Crippen LogP contribution < -0.4 is 9.64 Å². The second-order valence-electron chi connectivity index (χ2n) is 5.94. The number of nitrogens with zero attached hydrogens (tertiary/aromatic N) is 4. The third-order valence-electron chi connectivity index (χ3n) is 4.16. The van der Waals surface area contributed by atoms with Crippen molar-refractivity contribution in [1.29, 1.82) is 0 Å². The number of ether oxygens (including phenoxy) is 1. The fourth-order valence-electron chi connectivity index (χ4n) is 2.73. The molecule has 122 valence electrons. The van der Waals surface area contributed by atoms with Gasteiger partial charge in [0, 0.05) is 39.0 Å². The SMILES string of the molecule is CCC(CC)C(=O)N1CCC(Oc2cc(N(C)C)ncn2)C1. The van der Waals surface area contributed by atoms with Gasteiger partial charge in [-0.05, 0) is 12.8 Å². The van der Waals surface area contributed by atoms with Gasteiger partial charge in [-0.1, -0.05) is 13.8 Å². The average molecular weight is 306 g/mol. The van der Waals surface area contributed by atoms with E-state index in [1.54, 1.807) is 0 Å². The highest BCUT2D eigenvalue weighted by atomic mass is 16.5. The minimum absolute atomic E-state index is 0.0169. The zero-order chi connectivity index (χ0) is 16.1. The van der Waals surface area contributed by atoms with Gasteiger partial charge in [0.1, 0.15) is 18.2 Å². The largest absolute Gasteiger partial charge is 0.472 e. The van der Waals surface area contributed by atoms with Gasteiger partial charge >= 0.3 is 0 Å². The molecule has 1 unspecified atom stereocenters. The van der Waals surface area contributed by atoms with E-state index in [1.807, 2.05) is 30.0 Å². The molecule has 0 N–H and O–H groups in total. The number of anilines is 1. The standard InChI is InChI=1S/C16H26N4O2/c1-5-12(6-2)16(21)20-8-7-13(10-20)22-15-9-14(19(3)4)17-11-18-15/h9,11-13H,5-8,10H2,1-4H3. The predicted molar refractivity (Wildman–Crippen MR) is 86.0 cm³/mol. The lowest BCUT2D eigenvalue weighted by Crippen LogP contribution is -2.35. The molecule has 2 rings (SSSR count). The zero-order valence-corrected chi connectivity index (χ0v) is 14.0. The molecule has 1 aromatic heterocycles. The van der Waals surface area contributed by atoms with E-state index in [1.165, 1.54) is 6.33 Å². The Balaban J connectivity index is 1.94. The van der Waals surface area contributed by atoms with E-state index in [0.717, 1.165) is 31.6 Å². The molecule has 1 aliphatic heterocycles. The number of carbonyl (C=O) groups excluding carboxylic acids is 1. The molecule has 6 nitrogen and oxygen atoms in total. The van der Waals surface area contributed by atoms with Crippen LogP contribution in [0.3, 0.4) is 0 Å². The maximum absolute atomic E-state index is 12.4. The van der Waals surface area contributed by atoms with Crippen molar-refractivity contribution in [2.75, 3.05) is 32.1 Å². The highest BCUT2D eigenvalue weighted by Gasteiger charge is 2.30. The minimum Gasteiger partial charge on any atom is -0.472 e. The van der Waals surface area contributed by atoms with E-state index in [4.69, 9.17) is 4.74 Å².